The Hall–Kier alpha value is -2.83. The molecule has 2 amide bonds. The molecule has 0 heterocycles. The van der Waals surface area contributed by atoms with Gasteiger partial charge in [0.05, 0.1) is 0 Å². The van der Waals surface area contributed by atoms with E-state index in [-0.39, 0.29) is 29.1 Å². The molecule has 0 aliphatic heterocycles. The third-order valence-electron chi connectivity index (χ3n) is 6.21. The molecule has 4 nitrogen and oxygen atoms in total. The molecule has 0 aromatic heterocycles. The molecule has 2 atom stereocenters. The fourth-order valence-corrected chi connectivity index (χ4v) is 4.75. The lowest BCUT2D eigenvalue weighted by atomic mass is 9.74. The SMILES string of the molecule is C[C@H](C(=O)Nc1ccc(F)cc1)C1CC2(NC(=O)c3cc(F)cc(F)c3)CC1C2. The Morgan fingerprint density at radius 2 is 1.59 bits per heavy atom. The summed E-state index contributed by atoms with van der Waals surface area (Å²) in [6, 6.07) is 8.33. The van der Waals surface area contributed by atoms with Crippen LogP contribution in [0.4, 0.5) is 18.9 Å². The van der Waals surface area contributed by atoms with Crippen molar-refractivity contribution in [1.82, 2.24) is 5.32 Å². The van der Waals surface area contributed by atoms with Gasteiger partial charge >= 0.3 is 0 Å². The van der Waals surface area contributed by atoms with Crippen LogP contribution in [-0.2, 0) is 4.79 Å². The first-order valence-electron chi connectivity index (χ1n) is 9.60. The first kappa shape index (κ1) is 19.5. The van der Waals surface area contributed by atoms with E-state index in [2.05, 4.69) is 10.6 Å². The van der Waals surface area contributed by atoms with E-state index in [1.54, 1.807) is 0 Å². The van der Waals surface area contributed by atoms with Crippen molar-refractivity contribution in [3.63, 3.8) is 0 Å². The van der Waals surface area contributed by atoms with Crippen LogP contribution in [0.5, 0.6) is 0 Å². The zero-order chi connectivity index (χ0) is 20.8. The Morgan fingerprint density at radius 3 is 2.21 bits per heavy atom. The maximum atomic E-state index is 13.4. The number of hydrogen-bond donors (Lipinski definition) is 2. The minimum Gasteiger partial charge on any atom is -0.347 e. The van der Waals surface area contributed by atoms with Gasteiger partial charge < -0.3 is 10.6 Å². The Balaban J connectivity index is 1.38. The molecule has 2 aromatic carbocycles. The van der Waals surface area contributed by atoms with Crippen molar-refractivity contribution in [2.45, 2.75) is 31.7 Å². The summed E-state index contributed by atoms with van der Waals surface area (Å²) in [5, 5.41) is 5.73. The van der Waals surface area contributed by atoms with Gasteiger partial charge in [0.15, 0.2) is 0 Å². The number of benzene rings is 2. The van der Waals surface area contributed by atoms with Crippen LogP contribution in [0.1, 0.15) is 36.5 Å². The van der Waals surface area contributed by atoms with Crippen LogP contribution in [-0.4, -0.2) is 17.4 Å². The largest absolute Gasteiger partial charge is 0.347 e. The Bertz CT molecular complexity index is 935. The van der Waals surface area contributed by atoms with Gasteiger partial charge in [-0.3, -0.25) is 9.59 Å². The molecule has 3 fully saturated rings. The summed E-state index contributed by atoms with van der Waals surface area (Å²) in [5.74, 6) is -2.49. The Kier molecular flexibility index (Phi) is 4.84. The van der Waals surface area contributed by atoms with E-state index in [1.807, 2.05) is 6.92 Å². The third-order valence-corrected chi connectivity index (χ3v) is 6.21. The molecule has 2 bridgehead atoms. The van der Waals surface area contributed by atoms with Crippen molar-refractivity contribution in [3.8, 4) is 0 Å². The number of hydrogen-bond acceptors (Lipinski definition) is 2. The first-order chi connectivity index (χ1) is 13.7. The second kappa shape index (κ2) is 7.21. The number of halogens is 3. The molecule has 3 aliphatic rings. The minimum atomic E-state index is -0.797. The van der Waals surface area contributed by atoms with Crippen molar-refractivity contribution >= 4 is 17.5 Å². The molecule has 152 valence electrons. The number of amides is 2. The molecular formula is C22H21F3N2O2. The van der Waals surface area contributed by atoms with E-state index in [0.717, 1.165) is 31.0 Å². The number of anilines is 1. The van der Waals surface area contributed by atoms with Gasteiger partial charge in [0, 0.05) is 28.8 Å². The molecule has 0 spiro atoms. The van der Waals surface area contributed by atoms with E-state index in [4.69, 9.17) is 0 Å². The Morgan fingerprint density at radius 1 is 0.966 bits per heavy atom. The Labute approximate surface area is 166 Å². The third kappa shape index (κ3) is 3.86. The molecule has 2 N–H and O–H groups in total. The average molecular weight is 402 g/mol. The molecule has 29 heavy (non-hydrogen) atoms. The summed E-state index contributed by atoms with van der Waals surface area (Å²) in [4.78, 5) is 25.1. The summed E-state index contributed by atoms with van der Waals surface area (Å²) in [5.41, 5.74) is 0.0511. The van der Waals surface area contributed by atoms with Gasteiger partial charge in [0.2, 0.25) is 5.91 Å². The summed E-state index contributed by atoms with van der Waals surface area (Å²) >= 11 is 0. The fraction of sp³-hybridized carbons (Fsp3) is 0.364. The van der Waals surface area contributed by atoms with Gasteiger partial charge in [-0.15, -0.1) is 0 Å². The van der Waals surface area contributed by atoms with Crippen LogP contribution in [0.3, 0.4) is 0 Å². The molecular weight excluding hydrogens is 381 g/mol. The van der Waals surface area contributed by atoms with Crippen LogP contribution >= 0.6 is 0 Å². The van der Waals surface area contributed by atoms with Crippen LogP contribution in [0.25, 0.3) is 0 Å². The highest BCUT2D eigenvalue weighted by Gasteiger charge is 2.58. The second-order valence-corrected chi connectivity index (χ2v) is 8.21. The summed E-state index contributed by atoms with van der Waals surface area (Å²) < 4.78 is 39.8. The van der Waals surface area contributed by atoms with E-state index < -0.39 is 23.1 Å². The summed E-state index contributed by atoms with van der Waals surface area (Å²) in [6.45, 7) is 1.85. The average Bonchev–Trinajstić information content (AvgIpc) is 3.17. The number of carbonyl (C=O) groups is 2. The second-order valence-electron chi connectivity index (χ2n) is 8.21. The predicted octanol–water partition coefficient (Wildman–Crippen LogP) is 4.28. The van der Waals surface area contributed by atoms with Gasteiger partial charge in [0.25, 0.3) is 5.91 Å². The van der Waals surface area contributed by atoms with Crippen LogP contribution in [0.15, 0.2) is 42.5 Å². The number of nitrogens with one attached hydrogen (secondary N) is 2. The lowest BCUT2D eigenvalue weighted by Gasteiger charge is -2.39. The molecule has 3 aliphatic carbocycles. The van der Waals surface area contributed by atoms with Gasteiger partial charge in [-0.05, 0) is 67.5 Å². The van der Waals surface area contributed by atoms with Crippen molar-refractivity contribution in [2.24, 2.45) is 17.8 Å². The molecule has 1 unspecified atom stereocenters. The zero-order valence-corrected chi connectivity index (χ0v) is 15.8. The molecule has 5 rings (SSSR count). The molecule has 0 saturated heterocycles. The van der Waals surface area contributed by atoms with Crippen molar-refractivity contribution in [3.05, 3.63) is 65.5 Å². The molecule has 0 radical (unpaired) electrons. The van der Waals surface area contributed by atoms with Crippen molar-refractivity contribution in [2.75, 3.05) is 5.32 Å². The highest BCUT2D eigenvalue weighted by molar-refractivity contribution is 5.95. The topological polar surface area (TPSA) is 58.2 Å². The summed E-state index contributed by atoms with van der Waals surface area (Å²) in [6.07, 6.45) is 2.13. The van der Waals surface area contributed by atoms with E-state index in [0.29, 0.717) is 18.0 Å². The van der Waals surface area contributed by atoms with E-state index in [9.17, 15) is 22.8 Å². The number of fused-ring (bicyclic) bond motifs is 1. The smallest absolute Gasteiger partial charge is 0.251 e. The van der Waals surface area contributed by atoms with Gasteiger partial charge in [0.1, 0.15) is 17.5 Å². The quantitative estimate of drug-likeness (QED) is 0.785. The maximum absolute atomic E-state index is 13.4. The highest BCUT2D eigenvalue weighted by Crippen LogP contribution is 2.58. The lowest BCUT2D eigenvalue weighted by Crippen LogP contribution is -2.51. The normalized spacial score (nSPS) is 25.8. The molecule has 3 saturated carbocycles. The monoisotopic (exact) mass is 402 g/mol. The van der Waals surface area contributed by atoms with Crippen molar-refractivity contribution in [1.29, 1.82) is 0 Å². The zero-order valence-electron chi connectivity index (χ0n) is 15.8. The van der Waals surface area contributed by atoms with Crippen LogP contribution in [0.2, 0.25) is 0 Å². The highest BCUT2D eigenvalue weighted by atomic mass is 19.1. The molecule has 7 heteroatoms. The predicted molar refractivity (Wildman–Crippen MR) is 102 cm³/mol. The lowest BCUT2D eigenvalue weighted by molar-refractivity contribution is -0.121. The van der Waals surface area contributed by atoms with Gasteiger partial charge in [-0.2, -0.15) is 0 Å². The van der Waals surface area contributed by atoms with Gasteiger partial charge in [-0.25, -0.2) is 13.2 Å². The van der Waals surface area contributed by atoms with Crippen molar-refractivity contribution < 1.29 is 22.8 Å². The molecule has 2 aromatic rings. The summed E-state index contributed by atoms with van der Waals surface area (Å²) in [7, 11) is 0. The maximum Gasteiger partial charge on any atom is 0.251 e. The van der Waals surface area contributed by atoms with Crippen LogP contribution < -0.4 is 10.6 Å². The number of rotatable bonds is 5. The van der Waals surface area contributed by atoms with Crippen LogP contribution in [0, 0.1) is 35.2 Å². The standard InChI is InChI=1S/C22H21F3N2O2/c1-12(20(28)26-18-4-2-15(23)3-5-18)19-11-22(9-14(19)10-22)27-21(29)13-6-16(24)8-17(25)7-13/h2-8,12,14,19H,9-11H2,1H3,(H,26,28)(H,27,29)/t12-,14?,19?,22?/m0/s1. The number of carbonyl (C=O) groups excluding carboxylic acids is 2. The van der Waals surface area contributed by atoms with E-state index >= 15 is 0 Å². The first-order valence-corrected chi connectivity index (χ1v) is 9.60. The minimum absolute atomic E-state index is 0.0501. The van der Waals surface area contributed by atoms with E-state index in [1.165, 1.54) is 24.3 Å². The van der Waals surface area contributed by atoms with Gasteiger partial charge in [-0.1, -0.05) is 6.92 Å². The fourth-order valence-electron chi connectivity index (χ4n) is 4.75.